The van der Waals surface area contributed by atoms with Crippen LogP contribution in [0.3, 0.4) is 0 Å². The number of hydrogen-bond donors (Lipinski definition) is 1. The van der Waals surface area contributed by atoms with Gasteiger partial charge in [0.15, 0.2) is 0 Å². The predicted octanol–water partition coefficient (Wildman–Crippen LogP) is 3.20. The largest absolute Gasteiger partial charge is 0.316 e. The summed E-state index contributed by atoms with van der Waals surface area (Å²) >= 11 is 6.31. The first-order valence-electron chi connectivity index (χ1n) is 6.97. The van der Waals surface area contributed by atoms with Gasteiger partial charge < -0.3 is 5.32 Å². The van der Waals surface area contributed by atoms with Crippen molar-refractivity contribution in [2.24, 2.45) is 13.0 Å². The topological polar surface area (TPSA) is 29.9 Å². The molecule has 0 atom stereocenters. The SMILES string of the molecule is CCc1nn(C)c(CCCCNCC(C)C)c1Cl. The molecule has 1 heterocycles. The Morgan fingerprint density at radius 3 is 2.61 bits per heavy atom. The lowest BCUT2D eigenvalue weighted by Crippen LogP contribution is -2.20. The van der Waals surface area contributed by atoms with Crippen LogP contribution in [0, 0.1) is 5.92 Å². The van der Waals surface area contributed by atoms with Crippen LogP contribution in [0.1, 0.15) is 45.0 Å². The monoisotopic (exact) mass is 271 g/mol. The van der Waals surface area contributed by atoms with Crippen LogP contribution in [-0.4, -0.2) is 22.9 Å². The molecule has 3 nitrogen and oxygen atoms in total. The molecule has 1 aromatic rings. The van der Waals surface area contributed by atoms with E-state index in [0.29, 0.717) is 0 Å². The number of rotatable bonds is 8. The molecule has 0 aliphatic carbocycles. The van der Waals surface area contributed by atoms with Crippen molar-refractivity contribution in [3.05, 3.63) is 16.4 Å². The van der Waals surface area contributed by atoms with Gasteiger partial charge in [-0.2, -0.15) is 5.10 Å². The zero-order chi connectivity index (χ0) is 13.5. The highest BCUT2D eigenvalue weighted by Gasteiger charge is 2.11. The Kier molecular flexibility index (Phi) is 6.72. The van der Waals surface area contributed by atoms with Gasteiger partial charge >= 0.3 is 0 Å². The Labute approximate surface area is 116 Å². The number of aryl methyl sites for hydroxylation is 2. The van der Waals surface area contributed by atoms with Crippen LogP contribution in [-0.2, 0) is 19.9 Å². The van der Waals surface area contributed by atoms with Gasteiger partial charge in [-0.15, -0.1) is 0 Å². The third kappa shape index (κ3) is 4.62. The van der Waals surface area contributed by atoms with E-state index in [4.69, 9.17) is 11.6 Å². The lowest BCUT2D eigenvalue weighted by molar-refractivity contribution is 0.532. The maximum Gasteiger partial charge on any atom is 0.0849 e. The number of unbranched alkanes of at least 4 members (excludes halogenated alkanes) is 1. The zero-order valence-electron chi connectivity index (χ0n) is 12.1. The van der Waals surface area contributed by atoms with E-state index in [9.17, 15) is 0 Å². The molecular formula is C14H26ClN3. The minimum atomic E-state index is 0.726. The summed E-state index contributed by atoms with van der Waals surface area (Å²) in [6, 6.07) is 0. The van der Waals surface area contributed by atoms with Crippen LogP contribution < -0.4 is 5.32 Å². The number of nitrogens with zero attached hydrogens (tertiary/aromatic N) is 2. The summed E-state index contributed by atoms with van der Waals surface area (Å²) in [6.07, 6.45) is 4.28. The number of hydrogen-bond acceptors (Lipinski definition) is 2. The van der Waals surface area contributed by atoms with Crippen molar-refractivity contribution in [3.63, 3.8) is 0 Å². The molecule has 18 heavy (non-hydrogen) atoms. The molecule has 0 bridgehead atoms. The maximum absolute atomic E-state index is 6.31. The van der Waals surface area contributed by atoms with Gasteiger partial charge in [0.1, 0.15) is 0 Å². The summed E-state index contributed by atoms with van der Waals surface area (Å²) < 4.78 is 1.93. The summed E-state index contributed by atoms with van der Waals surface area (Å²) in [6.45, 7) is 8.75. The molecular weight excluding hydrogens is 246 g/mol. The Hall–Kier alpha value is -0.540. The molecule has 4 heteroatoms. The standard InChI is InChI=1S/C14H26ClN3/c1-5-12-14(15)13(18(4)17-12)8-6-7-9-16-10-11(2)3/h11,16H,5-10H2,1-4H3. The normalized spacial score (nSPS) is 11.4. The first-order chi connectivity index (χ1) is 8.56. The van der Waals surface area contributed by atoms with Gasteiger partial charge in [0.2, 0.25) is 0 Å². The molecule has 0 spiro atoms. The van der Waals surface area contributed by atoms with Crippen molar-refractivity contribution in [2.45, 2.75) is 46.5 Å². The summed E-state index contributed by atoms with van der Waals surface area (Å²) in [5.41, 5.74) is 2.20. The molecule has 0 saturated heterocycles. The maximum atomic E-state index is 6.31. The van der Waals surface area contributed by atoms with Crippen molar-refractivity contribution >= 4 is 11.6 Å². The van der Waals surface area contributed by atoms with E-state index in [-0.39, 0.29) is 0 Å². The Bertz CT molecular complexity index is 358. The van der Waals surface area contributed by atoms with Gasteiger partial charge in [0.25, 0.3) is 0 Å². The van der Waals surface area contributed by atoms with E-state index in [1.165, 1.54) is 12.1 Å². The van der Waals surface area contributed by atoms with E-state index in [1.54, 1.807) is 0 Å². The van der Waals surface area contributed by atoms with Crippen molar-refractivity contribution in [1.82, 2.24) is 15.1 Å². The van der Waals surface area contributed by atoms with Gasteiger partial charge in [-0.1, -0.05) is 32.4 Å². The fourth-order valence-corrected chi connectivity index (χ4v) is 2.41. The molecule has 1 aromatic heterocycles. The molecule has 1 rings (SSSR count). The Balaban J connectivity index is 2.29. The molecule has 104 valence electrons. The molecule has 0 aliphatic rings. The summed E-state index contributed by atoms with van der Waals surface area (Å²) in [4.78, 5) is 0. The van der Waals surface area contributed by atoms with Crippen LogP contribution in [0.15, 0.2) is 0 Å². The van der Waals surface area contributed by atoms with E-state index >= 15 is 0 Å². The lowest BCUT2D eigenvalue weighted by atomic mass is 10.1. The molecule has 0 radical (unpaired) electrons. The van der Waals surface area contributed by atoms with Gasteiger partial charge in [-0.3, -0.25) is 4.68 Å². The summed E-state index contributed by atoms with van der Waals surface area (Å²) in [5.74, 6) is 0.726. The Morgan fingerprint density at radius 2 is 2.06 bits per heavy atom. The number of aromatic nitrogens is 2. The van der Waals surface area contributed by atoms with Crippen LogP contribution in [0.25, 0.3) is 0 Å². The van der Waals surface area contributed by atoms with Gasteiger partial charge in [0.05, 0.1) is 16.4 Å². The fraction of sp³-hybridized carbons (Fsp3) is 0.786. The first kappa shape index (κ1) is 15.5. The minimum absolute atomic E-state index is 0.726. The van der Waals surface area contributed by atoms with Crippen LogP contribution in [0.2, 0.25) is 5.02 Å². The van der Waals surface area contributed by atoms with Crippen LogP contribution >= 0.6 is 11.6 Å². The molecule has 0 aliphatic heterocycles. The third-order valence-corrected chi connectivity index (χ3v) is 3.51. The first-order valence-corrected chi connectivity index (χ1v) is 7.35. The molecule has 0 amide bonds. The van der Waals surface area contributed by atoms with E-state index in [1.807, 2.05) is 11.7 Å². The molecule has 0 unspecified atom stereocenters. The van der Waals surface area contributed by atoms with Crippen LogP contribution in [0.4, 0.5) is 0 Å². The van der Waals surface area contributed by atoms with Crippen molar-refractivity contribution in [1.29, 1.82) is 0 Å². The van der Waals surface area contributed by atoms with Crippen molar-refractivity contribution in [3.8, 4) is 0 Å². The molecule has 0 aromatic carbocycles. The van der Waals surface area contributed by atoms with Gasteiger partial charge in [0, 0.05) is 7.05 Å². The highest BCUT2D eigenvalue weighted by atomic mass is 35.5. The fourth-order valence-electron chi connectivity index (χ4n) is 2.02. The highest BCUT2D eigenvalue weighted by Crippen LogP contribution is 2.22. The van der Waals surface area contributed by atoms with Crippen molar-refractivity contribution < 1.29 is 0 Å². The summed E-state index contributed by atoms with van der Waals surface area (Å²) in [5, 5.41) is 8.77. The summed E-state index contributed by atoms with van der Waals surface area (Å²) in [7, 11) is 1.98. The van der Waals surface area contributed by atoms with E-state index < -0.39 is 0 Å². The average Bonchev–Trinajstić information content (AvgIpc) is 2.59. The number of nitrogens with one attached hydrogen (secondary N) is 1. The second-order valence-corrected chi connectivity index (χ2v) is 5.62. The van der Waals surface area contributed by atoms with E-state index in [2.05, 4.69) is 31.2 Å². The average molecular weight is 272 g/mol. The highest BCUT2D eigenvalue weighted by molar-refractivity contribution is 6.31. The quantitative estimate of drug-likeness (QED) is 0.736. The predicted molar refractivity (Wildman–Crippen MR) is 78.2 cm³/mol. The smallest absolute Gasteiger partial charge is 0.0849 e. The number of halogens is 1. The Morgan fingerprint density at radius 1 is 1.33 bits per heavy atom. The molecule has 0 saturated carbocycles. The van der Waals surface area contributed by atoms with Gasteiger partial charge in [-0.25, -0.2) is 0 Å². The lowest BCUT2D eigenvalue weighted by Gasteiger charge is -2.07. The van der Waals surface area contributed by atoms with E-state index in [0.717, 1.165) is 49.0 Å². The van der Waals surface area contributed by atoms with Gasteiger partial charge in [-0.05, 0) is 44.7 Å². The molecule has 1 N–H and O–H groups in total. The van der Waals surface area contributed by atoms with Crippen molar-refractivity contribution in [2.75, 3.05) is 13.1 Å². The second kappa shape index (κ2) is 7.80. The molecule has 0 fully saturated rings. The van der Waals surface area contributed by atoms with Crippen LogP contribution in [0.5, 0.6) is 0 Å². The minimum Gasteiger partial charge on any atom is -0.316 e. The zero-order valence-corrected chi connectivity index (χ0v) is 12.8. The third-order valence-electron chi connectivity index (χ3n) is 3.07. The second-order valence-electron chi connectivity index (χ2n) is 5.24.